The predicted octanol–water partition coefficient (Wildman–Crippen LogP) is 1.34. The molecule has 0 aliphatic carbocycles. The van der Waals surface area contributed by atoms with E-state index in [1.54, 1.807) is 6.07 Å². The van der Waals surface area contributed by atoms with Crippen LogP contribution in [-0.2, 0) is 6.54 Å². The van der Waals surface area contributed by atoms with Gasteiger partial charge in [-0.25, -0.2) is 9.97 Å². The Hall–Kier alpha value is -2.13. The number of nitrogens with one attached hydrogen (secondary N) is 2. The lowest BCUT2D eigenvalue weighted by atomic mass is 10.3. The van der Waals surface area contributed by atoms with Crippen molar-refractivity contribution in [3.05, 3.63) is 35.0 Å². The largest absolute Gasteiger partial charge is 0.363 e. The summed E-state index contributed by atoms with van der Waals surface area (Å²) in [5, 5.41) is 18.4. The highest BCUT2D eigenvalue weighted by Gasteiger charge is 2.01. The van der Waals surface area contributed by atoms with Gasteiger partial charge in [0, 0.05) is 0 Å². The molecule has 6 nitrogen and oxygen atoms in total. The van der Waals surface area contributed by atoms with Crippen LogP contribution in [0, 0.1) is 11.3 Å². The Bertz CT molecular complexity index is 515. The zero-order valence-electron chi connectivity index (χ0n) is 8.11. The number of nitriles is 1. The van der Waals surface area contributed by atoms with E-state index >= 15 is 0 Å². The number of hydrogen-bond donors (Lipinski definition) is 2. The first kappa shape index (κ1) is 10.4. The highest BCUT2D eigenvalue weighted by Crippen LogP contribution is 2.13. The summed E-state index contributed by atoms with van der Waals surface area (Å²) in [6.45, 7) is 0.443. The van der Waals surface area contributed by atoms with Crippen LogP contribution in [-0.4, -0.2) is 20.2 Å². The molecule has 2 heterocycles. The molecule has 80 valence electrons. The summed E-state index contributed by atoms with van der Waals surface area (Å²) in [6.07, 6.45) is 1.42. The van der Waals surface area contributed by atoms with E-state index in [4.69, 9.17) is 16.9 Å². The van der Waals surface area contributed by atoms with Crippen LogP contribution < -0.4 is 5.32 Å². The molecule has 0 bridgehead atoms. The normalized spacial score (nSPS) is 9.75. The summed E-state index contributed by atoms with van der Waals surface area (Å²) in [6, 6.07) is 5.12. The molecule has 7 heteroatoms. The average Bonchev–Trinajstić information content (AvgIpc) is 2.78. The summed E-state index contributed by atoms with van der Waals surface area (Å²) < 4.78 is 0. The molecule has 0 fully saturated rings. The quantitative estimate of drug-likeness (QED) is 0.782. The number of aromatic amines is 1. The Balaban J connectivity index is 2.10. The summed E-state index contributed by atoms with van der Waals surface area (Å²) in [5.41, 5.74) is 0.458. The van der Waals surface area contributed by atoms with E-state index in [0.717, 1.165) is 0 Å². The van der Waals surface area contributed by atoms with Crippen LogP contribution in [0.2, 0.25) is 5.15 Å². The molecule has 0 aliphatic rings. The smallest absolute Gasteiger partial charge is 0.143 e. The number of rotatable bonds is 3. The summed E-state index contributed by atoms with van der Waals surface area (Å²) in [7, 11) is 0. The summed E-state index contributed by atoms with van der Waals surface area (Å²) >= 11 is 5.75. The topological polar surface area (TPSA) is 90.3 Å². The Labute approximate surface area is 96.3 Å². The van der Waals surface area contributed by atoms with Gasteiger partial charge in [-0.15, -0.1) is 0 Å². The zero-order valence-corrected chi connectivity index (χ0v) is 8.86. The second kappa shape index (κ2) is 4.59. The number of aromatic nitrogens is 4. The molecule has 0 aliphatic heterocycles. The van der Waals surface area contributed by atoms with Gasteiger partial charge in [0.25, 0.3) is 0 Å². The third-order valence-electron chi connectivity index (χ3n) is 1.83. The van der Waals surface area contributed by atoms with Crippen molar-refractivity contribution in [2.45, 2.75) is 6.54 Å². The van der Waals surface area contributed by atoms with E-state index < -0.39 is 0 Å². The van der Waals surface area contributed by atoms with Gasteiger partial charge >= 0.3 is 0 Å². The van der Waals surface area contributed by atoms with Crippen LogP contribution in [0.5, 0.6) is 0 Å². The molecule has 2 rings (SSSR count). The number of nitrogens with zero attached hydrogens (tertiary/aromatic N) is 4. The summed E-state index contributed by atoms with van der Waals surface area (Å²) in [4.78, 5) is 7.96. The van der Waals surface area contributed by atoms with E-state index in [1.807, 2.05) is 6.07 Å². The van der Waals surface area contributed by atoms with Crippen LogP contribution >= 0.6 is 11.6 Å². The Morgan fingerprint density at radius 3 is 3.06 bits per heavy atom. The predicted molar refractivity (Wildman–Crippen MR) is 57.7 cm³/mol. The van der Waals surface area contributed by atoms with Gasteiger partial charge in [0.1, 0.15) is 23.1 Å². The second-order valence-corrected chi connectivity index (χ2v) is 3.35. The lowest BCUT2D eigenvalue weighted by Gasteiger charge is -2.03. The molecule has 0 amide bonds. The molecule has 0 radical (unpaired) electrons. The van der Waals surface area contributed by atoms with E-state index in [2.05, 4.69) is 25.5 Å². The molecular weight excluding hydrogens is 228 g/mol. The van der Waals surface area contributed by atoms with Crippen molar-refractivity contribution in [2.75, 3.05) is 5.32 Å². The minimum absolute atomic E-state index is 0.277. The van der Waals surface area contributed by atoms with Crippen molar-refractivity contribution in [1.29, 1.82) is 5.26 Å². The monoisotopic (exact) mass is 234 g/mol. The standard InChI is InChI=1S/C9H7ClN6/c10-7-1-6(3-11)2-8(15-7)12-4-9-13-5-14-16-9/h1-2,5H,4H2,(H,12,15)(H,13,14,16). The number of halogens is 1. The van der Waals surface area contributed by atoms with Crippen molar-refractivity contribution < 1.29 is 0 Å². The van der Waals surface area contributed by atoms with E-state index in [1.165, 1.54) is 12.4 Å². The lowest BCUT2D eigenvalue weighted by molar-refractivity contribution is 0.947. The third kappa shape index (κ3) is 2.46. The molecule has 0 unspecified atom stereocenters. The van der Waals surface area contributed by atoms with Crippen molar-refractivity contribution in [2.24, 2.45) is 0 Å². The van der Waals surface area contributed by atoms with Crippen LogP contribution in [0.1, 0.15) is 11.4 Å². The van der Waals surface area contributed by atoms with Crippen molar-refractivity contribution in [1.82, 2.24) is 20.2 Å². The fourth-order valence-corrected chi connectivity index (χ4v) is 1.35. The Morgan fingerprint density at radius 2 is 2.38 bits per heavy atom. The van der Waals surface area contributed by atoms with Crippen LogP contribution in [0.15, 0.2) is 18.5 Å². The van der Waals surface area contributed by atoms with E-state index in [-0.39, 0.29) is 5.15 Å². The zero-order chi connectivity index (χ0) is 11.4. The third-order valence-corrected chi connectivity index (χ3v) is 2.02. The van der Waals surface area contributed by atoms with Gasteiger partial charge < -0.3 is 5.32 Å². The van der Waals surface area contributed by atoms with Gasteiger partial charge in [-0.2, -0.15) is 10.4 Å². The maximum absolute atomic E-state index is 8.75. The lowest BCUT2D eigenvalue weighted by Crippen LogP contribution is -2.03. The number of hydrogen-bond acceptors (Lipinski definition) is 5. The highest BCUT2D eigenvalue weighted by atomic mass is 35.5. The molecule has 2 aromatic rings. The van der Waals surface area contributed by atoms with E-state index in [9.17, 15) is 0 Å². The van der Waals surface area contributed by atoms with Crippen molar-refractivity contribution in [3.8, 4) is 6.07 Å². The fourth-order valence-electron chi connectivity index (χ4n) is 1.14. The number of H-pyrrole nitrogens is 1. The minimum Gasteiger partial charge on any atom is -0.363 e. The molecular formula is C9H7ClN6. The van der Waals surface area contributed by atoms with Crippen LogP contribution in [0.4, 0.5) is 5.82 Å². The van der Waals surface area contributed by atoms with Crippen LogP contribution in [0.25, 0.3) is 0 Å². The SMILES string of the molecule is N#Cc1cc(Cl)nc(NCc2ncn[nH]2)c1. The molecule has 2 N–H and O–H groups in total. The Kier molecular flexibility index (Phi) is 2.98. The maximum atomic E-state index is 8.75. The average molecular weight is 235 g/mol. The Morgan fingerprint density at radius 1 is 1.50 bits per heavy atom. The van der Waals surface area contributed by atoms with Gasteiger partial charge in [-0.3, -0.25) is 5.10 Å². The fraction of sp³-hybridized carbons (Fsp3) is 0.111. The minimum atomic E-state index is 0.277. The molecule has 16 heavy (non-hydrogen) atoms. The van der Waals surface area contributed by atoms with E-state index in [0.29, 0.717) is 23.8 Å². The summed E-state index contributed by atoms with van der Waals surface area (Å²) in [5.74, 6) is 1.21. The molecule has 0 atom stereocenters. The number of pyridine rings is 1. The van der Waals surface area contributed by atoms with Crippen LogP contribution in [0.3, 0.4) is 0 Å². The van der Waals surface area contributed by atoms with Gasteiger partial charge in [-0.1, -0.05) is 11.6 Å². The molecule has 0 saturated carbocycles. The molecule has 0 saturated heterocycles. The second-order valence-electron chi connectivity index (χ2n) is 2.96. The number of anilines is 1. The first-order valence-electron chi connectivity index (χ1n) is 4.44. The van der Waals surface area contributed by atoms with Gasteiger partial charge in [0.05, 0.1) is 18.2 Å². The van der Waals surface area contributed by atoms with Crippen molar-refractivity contribution >= 4 is 17.4 Å². The molecule has 0 aromatic carbocycles. The highest BCUT2D eigenvalue weighted by molar-refractivity contribution is 6.29. The maximum Gasteiger partial charge on any atom is 0.143 e. The van der Waals surface area contributed by atoms with Crippen molar-refractivity contribution in [3.63, 3.8) is 0 Å². The van der Waals surface area contributed by atoms with Gasteiger partial charge in [0.15, 0.2) is 0 Å². The molecule has 0 spiro atoms. The molecule has 2 aromatic heterocycles. The first-order chi connectivity index (χ1) is 7.78. The van der Waals surface area contributed by atoms with Gasteiger partial charge in [0.2, 0.25) is 0 Å². The first-order valence-corrected chi connectivity index (χ1v) is 4.81. The van der Waals surface area contributed by atoms with Gasteiger partial charge in [-0.05, 0) is 12.1 Å².